The van der Waals surface area contributed by atoms with E-state index in [1.54, 1.807) is 0 Å². The van der Waals surface area contributed by atoms with Gasteiger partial charge < -0.3 is 0 Å². The summed E-state index contributed by atoms with van der Waals surface area (Å²) in [6, 6.07) is 10.2. The van der Waals surface area contributed by atoms with Crippen molar-refractivity contribution in [2.24, 2.45) is 0 Å². The molecule has 7 heteroatoms. The molecule has 0 amide bonds. The molecule has 0 unspecified atom stereocenters. The Morgan fingerprint density at radius 2 is 1.84 bits per heavy atom. The first kappa shape index (κ1) is 17.3. The third-order valence-corrected chi connectivity index (χ3v) is 4.32. The number of nitrogens with zero attached hydrogens (tertiary/aromatic N) is 7. The summed E-state index contributed by atoms with van der Waals surface area (Å²) in [5.74, 6) is 0.898. The molecule has 0 bridgehead atoms. The Labute approximate surface area is 148 Å². The van der Waals surface area contributed by atoms with E-state index in [9.17, 15) is 0 Å². The van der Waals surface area contributed by atoms with Crippen molar-refractivity contribution in [3.63, 3.8) is 0 Å². The minimum absolute atomic E-state index is 0.711. The second kappa shape index (κ2) is 7.57. The minimum atomic E-state index is 0.711. The maximum Gasteiger partial charge on any atom is 0.165 e. The Balaban J connectivity index is 1.76. The van der Waals surface area contributed by atoms with Crippen LogP contribution in [0.2, 0.25) is 0 Å². The normalized spacial score (nSPS) is 11.4. The third-order valence-electron chi connectivity index (χ3n) is 4.32. The van der Waals surface area contributed by atoms with E-state index >= 15 is 0 Å². The first-order chi connectivity index (χ1) is 12.1. The zero-order chi connectivity index (χ0) is 17.8. The molecule has 0 atom stereocenters. The molecule has 2 heterocycles. The Bertz CT molecular complexity index is 819. The van der Waals surface area contributed by atoms with Crippen LogP contribution in [0.1, 0.15) is 36.1 Å². The van der Waals surface area contributed by atoms with Gasteiger partial charge in [-0.1, -0.05) is 25.1 Å². The summed E-state index contributed by atoms with van der Waals surface area (Å²) in [6.45, 7) is 8.68. The molecule has 0 aliphatic rings. The van der Waals surface area contributed by atoms with Crippen LogP contribution in [0.25, 0.3) is 5.69 Å². The highest BCUT2D eigenvalue weighted by Gasteiger charge is 2.16. The van der Waals surface area contributed by atoms with Crippen LogP contribution in [0.15, 0.2) is 30.3 Å². The number of para-hydroxylation sites is 1. The standard InChI is InChI=1S/C18H25N7/c1-5-11-24-18(19-21-22-24)13-23(4)12-17-14(2)20-25(15(17)3)16-9-7-6-8-10-16/h6-10H,5,11-13H2,1-4H3. The van der Waals surface area contributed by atoms with Gasteiger partial charge in [0.2, 0.25) is 0 Å². The van der Waals surface area contributed by atoms with Crippen molar-refractivity contribution in [3.05, 3.63) is 53.1 Å². The van der Waals surface area contributed by atoms with Crippen LogP contribution in [-0.4, -0.2) is 41.9 Å². The van der Waals surface area contributed by atoms with Gasteiger partial charge in [0, 0.05) is 24.3 Å². The number of aromatic nitrogens is 6. The quantitative estimate of drug-likeness (QED) is 0.662. The highest BCUT2D eigenvalue weighted by Crippen LogP contribution is 2.19. The summed E-state index contributed by atoms with van der Waals surface area (Å²) >= 11 is 0. The highest BCUT2D eigenvalue weighted by atomic mass is 15.5. The van der Waals surface area contributed by atoms with Crippen molar-refractivity contribution >= 4 is 0 Å². The molecule has 0 radical (unpaired) electrons. The molecule has 0 spiro atoms. The van der Waals surface area contributed by atoms with Crippen molar-refractivity contribution in [3.8, 4) is 5.69 Å². The van der Waals surface area contributed by atoms with Crippen molar-refractivity contribution in [2.45, 2.75) is 46.8 Å². The van der Waals surface area contributed by atoms with Crippen molar-refractivity contribution in [1.29, 1.82) is 0 Å². The van der Waals surface area contributed by atoms with Crippen LogP contribution in [-0.2, 0) is 19.6 Å². The van der Waals surface area contributed by atoms with E-state index in [2.05, 4.69) is 60.4 Å². The van der Waals surface area contributed by atoms with Gasteiger partial charge in [0.1, 0.15) is 0 Å². The molecule has 7 nitrogen and oxygen atoms in total. The van der Waals surface area contributed by atoms with Crippen LogP contribution in [0.4, 0.5) is 0 Å². The van der Waals surface area contributed by atoms with Crippen LogP contribution >= 0.6 is 0 Å². The molecular weight excluding hydrogens is 314 g/mol. The van der Waals surface area contributed by atoms with E-state index < -0.39 is 0 Å². The van der Waals surface area contributed by atoms with Gasteiger partial charge >= 0.3 is 0 Å². The lowest BCUT2D eigenvalue weighted by Gasteiger charge is -2.16. The van der Waals surface area contributed by atoms with E-state index in [-0.39, 0.29) is 0 Å². The minimum Gasteiger partial charge on any atom is -0.295 e. The summed E-state index contributed by atoms with van der Waals surface area (Å²) in [5, 5.41) is 16.7. The first-order valence-corrected chi connectivity index (χ1v) is 8.64. The monoisotopic (exact) mass is 339 g/mol. The Kier molecular flexibility index (Phi) is 5.23. The van der Waals surface area contributed by atoms with Crippen LogP contribution in [0.5, 0.6) is 0 Å². The van der Waals surface area contributed by atoms with Crippen molar-refractivity contribution in [1.82, 2.24) is 34.9 Å². The van der Waals surface area contributed by atoms with Gasteiger partial charge in [-0.2, -0.15) is 5.10 Å². The van der Waals surface area contributed by atoms with Gasteiger partial charge in [-0.05, 0) is 49.9 Å². The lowest BCUT2D eigenvalue weighted by molar-refractivity contribution is 0.300. The zero-order valence-electron chi connectivity index (χ0n) is 15.3. The molecular formula is C18H25N7. The van der Waals surface area contributed by atoms with Crippen LogP contribution < -0.4 is 0 Å². The Morgan fingerprint density at radius 3 is 2.56 bits per heavy atom. The van der Waals surface area contributed by atoms with Crippen LogP contribution in [0, 0.1) is 13.8 Å². The second-order valence-electron chi connectivity index (χ2n) is 6.39. The average Bonchev–Trinajstić information content (AvgIpc) is 3.15. The SMILES string of the molecule is CCCn1nnnc1CN(C)Cc1c(C)nn(-c2ccccc2)c1C. The summed E-state index contributed by atoms with van der Waals surface area (Å²) in [6.07, 6.45) is 1.02. The van der Waals surface area contributed by atoms with Crippen molar-refractivity contribution in [2.75, 3.05) is 7.05 Å². The molecule has 0 saturated heterocycles. The summed E-state index contributed by atoms with van der Waals surface area (Å²) in [7, 11) is 2.09. The fourth-order valence-electron chi connectivity index (χ4n) is 3.01. The molecule has 0 saturated carbocycles. The number of hydrogen-bond donors (Lipinski definition) is 0. The number of aryl methyl sites for hydroxylation is 2. The number of benzene rings is 1. The van der Waals surface area contributed by atoms with E-state index in [4.69, 9.17) is 5.10 Å². The van der Waals surface area contributed by atoms with E-state index in [0.717, 1.165) is 36.7 Å². The van der Waals surface area contributed by atoms with E-state index in [0.29, 0.717) is 6.54 Å². The highest BCUT2D eigenvalue weighted by molar-refractivity contribution is 5.36. The molecule has 2 aromatic heterocycles. The predicted octanol–water partition coefficient (Wildman–Crippen LogP) is 2.52. The summed E-state index contributed by atoms with van der Waals surface area (Å²) in [5.41, 5.74) is 4.56. The second-order valence-corrected chi connectivity index (χ2v) is 6.39. The van der Waals surface area contributed by atoms with Gasteiger partial charge in [0.25, 0.3) is 0 Å². The van der Waals surface area contributed by atoms with Gasteiger partial charge in [-0.15, -0.1) is 5.10 Å². The average molecular weight is 339 g/mol. The van der Waals surface area contributed by atoms with Gasteiger partial charge in [0.15, 0.2) is 5.82 Å². The Hall–Kier alpha value is -2.54. The fourth-order valence-corrected chi connectivity index (χ4v) is 3.01. The maximum absolute atomic E-state index is 4.72. The zero-order valence-corrected chi connectivity index (χ0v) is 15.3. The van der Waals surface area contributed by atoms with Gasteiger partial charge in [-0.3, -0.25) is 4.90 Å². The van der Waals surface area contributed by atoms with Crippen LogP contribution in [0.3, 0.4) is 0 Å². The molecule has 0 aliphatic heterocycles. The number of tetrazole rings is 1. The maximum atomic E-state index is 4.72. The molecule has 132 valence electrons. The van der Waals surface area contributed by atoms with E-state index in [1.807, 2.05) is 27.6 Å². The molecule has 3 rings (SSSR count). The molecule has 25 heavy (non-hydrogen) atoms. The third kappa shape index (κ3) is 3.76. The van der Waals surface area contributed by atoms with Gasteiger partial charge in [-0.25, -0.2) is 9.36 Å². The lowest BCUT2D eigenvalue weighted by atomic mass is 10.2. The topological polar surface area (TPSA) is 64.7 Å². The molecule has 3 aromatic rings. The summed E-state index contributed by atoms with van der Waals surface area (Å²) < 4.78 is 3.89. The lowest BCUT2D eigenvalue weighted by Crippen LogP contribution is -2.21. The molecule has 0 N–H and O–H groups in total. The summed E-state index contributed by atoms with van der Waals surface area (Å²) in [4.78, 5) is 2.23. The first-order valence-electron chi connectivity index (χ1n) is 8.64. The largest absolute Gasteiger partial charge is 0.295 e. The number of hydrogen-bond acceptors (Lipinski definition) is 5. The molecule has 1 aromatic carbocycles. The van der Waals surface area contributed by atoms with E-state index in [1.165, 1.54) is 11.3 Å². The predicted molar refractivity (Wildman–Crippen MR) is 96.3 cm³/mol. The smallest absolute Gasteiger partial charge is 0.165 e. The fraction of sp³-hybridized carbons (Fsp3) is 0.444. The van der Waals surface area contributed by atoms with Gasteiger partial charge in [0.05, 0.1) is 17.9 Å². The molecule has 0 fully saturated rings. The Morgan fingerprint density at radius 1 is 1.08 bits per heavy atom. The van der Waals surface area contributed by atoms with Crippen molar-refractivity contribution < 1.29 is 0 Å². The molecule has 0 aliphatic carbocycles. The number of rotatable bonds is 7.